The molecule has 0 atom stereocenters. The molecular formula is C17H14N2O4S. The topological polar surface area (TPSA) is 89.3 Å². The highest BCUT2D eigenvalue weighted by Crippen LogP contribution is 2.32. The van der Waals surface area contributed by atoms with Crippen LogP contribution in [0.25, 0.3) is 0 Å². The Hall–Kier alpha value is -2.67. The summed E-state index contributed by atoms with van der Waals surface area (Å²) in [4.78, 5) is 37.4. The molecule has 24 heavy (non-hydrogen) atoms. The predicted octanol–water partition coefficient (Wildman–Crippen LogP) is 3.33. The Morgan fingerprint density at radius 1 is 1.21 bits per heavy atom. The lowest BCUT2D eigenvalue weighted by molar-refractivity contribution is 0.0967. The lowest BCUT2D eigenvalue weighted by atomic mass is 9.99. The lowest BCUT2D eigenvalue weighted by Gasteiger charge is -2.12. The molecule has 0 aliphatic heterocycles. The molecule has 3 rings (SSSR count). The molecule has 0 radical (unpaired) electrons. The third kappa shape index (κ3) is 3.03. The summed E-state index contributed by atoms with van der Waals surface area (Å²) in [5.41, 5.74) is 0.308. The minimum Gasteiger partial charge on any atom is -0.351 e. The molecule has 1 N–H and O–H groups in total. The van der Waals surface area contributed by atoms with Gasteiger partial charge >= 0.3 is 0 Å². The normalized spacial score (nSPS) is 13.7. The van der Waals surface area contributed by atoms with Gasteiger partial charge in [0.05, 0.1) is 4.91 Å². The van der Waals surface area contributed by atoms with Crippen molar-refractivity contribution in [2.75, 3.05) is 5.32 Å². The van der Waals surface area contributed by atoms with Crippen LogP contribution in [-0.2, 0) is 0 Å². The monoisotopic (exact) mass is 342 g/mol. The van der Waals surface area contributed by atoms with Crippen LogP contribution in [0.3, 0.4) is 0 Å². The second-order valence-corrected chi connectivity index (χ2v) is 7.04. The lowest BCUT2D eigenvalue weighted by Crippen LogP contribution is -2.21. The number of aromatic nitrogens is 1. The molecule has 0 fully saturated rings. The average Bonchev–Trinajstić information content (AvgIpc) is 2.98. The summed E-state index contributed by atoms with van der Waals surface area (Å²) in [6.45, 7) is 3.82. The van der Waals surface area contributed by atoms with Crippen LogP contribution >= 0.6 is 11.8 Å². The number of carbonyl (C=O) groups excluding carboxylic acids is 3. The highest BCUT2D eigenvalue weighted by atomic mass is 32.2. The van der Waals surface area contributed by atoms with Crippen molar-refractivity contribution in [2.45, 2.75) is 19.1 Å². The fourth-order valence-electron chi connectivity index (χ4n) is 2.25. The summed E-state index contributed by atoms with van der Waals surface area (Å²) in [6, 6.07) is 8.76. The maximum absolute atomic E-state index is 12.6. The maximum atomic E-state index is 12.6. The van der Waals surface area contributed by atoms with E-state index < -0.39 is 17.5 Å². The summed E-state index contributed by atoms with van der Waals surface area (Å²) in [7, 11) is 0. The molecule has 6 nitrogen and oxygen atoms in total. The summed E-state index contributed by atoms with van der Waals surface area (Å²) in [5.74, 6) is -1.66. The number of Topliss-reactive ketones (excluding diaryl/α,β-unsaturated/α-hetero) is 1. The first kappa shape index (κ1) is 16.2. The number of rotatable bonds is 4. The number of hydrogen-bond acceptors (Lipinski definition) is 6. The molecule has 1 aliphatic rings. The van der Waals surface area contributed by atoms with Crippen LogP contribution in [0, 0.1) is 0 Å². The Kier molecular flexibility index (Phi) is 4.35. The Morgan fingerprint density at radius 2 is 1.92 bits per heavy atom. The van der Waals surface area contributed by atoms with Crippen molar-refractivity contribution < 1.29 is 18.9 Å². The Labute approximate surface area is 142 Å². The van der Waals surface area contributed by atoms with Gasteiger partial charge in [-0.1, -0.05) is 37.2 Å². The van der Waals surface area contributed by atoms with E-state index in [9.17, 15) is 14.4 Å². The first-order valence-corrected chi connectivity index (χ1v) is 8.18. The first-order valence-electron chi connectivity index (χ1n) is 7.31. The fraction of sp³-hybridized carbons (Fsp3) is 0.176. The number of ketones is 2. The number of carbonyl (C=O) groups is 3. The first-order chi connectivity index (χ1) is 11.5. The van der Waals surface area contributed by atoms with E-state index in [1.165, 1.54) is 17.8 Å². The summed E-state index contributed by atoms with van der Waals surface area (Å²) < 4.78 is 4.95. The molecule has 1 amide bonds. The van der Waals surface area contributed by atoms with Crippen LogP contribution in [0.15, 0.2) is 45.8 Å². The van der Waals surface area contributed by atoms with E-state index in [-0.39, 0.29) is 22.3 Å². The van der Waals surface area contributed by atoms with E-state index in [0.717, 1.165) is 0 Å². The van der Waals surface area contributed by atoms with Crippen molar-refractivity contribution in [3.05, 3.63) is 58.3 Å². The van der Waals surface area contributed by atoms with Gasteiger partial charge in [0.25, 0.3) is 5.91 Å². The summed E-state index contributed by atoms with van der Waals surface area (Å²) >= 11 is 1.27. The van der Waals surface area contributed by atoms with Crippen molar-refractivity contribution in [1.82, 2.24) is 5.16 Å². The third-order valence-corrected chi connectivity index (χ3v) is 4.27. The third-order valence-electron chi connectivity index (χ3n) is 3.24. The van der Waals surface area contributed by atoms with E-state index >= 15 is 0 Å². The van der Waals surface area contributed by atoms with Gasteiger partial charge < -0.3 is 9.84 Å². The van der Waals surface area contributed by atoms with Crippen LogP contribution in [0.1, 0.15) is 45.2 Å². The van der Waals surface area contributed by atoms with Crippen LogP contribution in [0.4, 0.5) is 5.69 Å². The SMILES string of the molecule is CC(C)SC1=CC(=O)c2onc(C(=O)Nc3ccccc3)c2C1=O. The number of para-hydroxylation sites is 1. The van der Waals surface area contributed by atoms with Crippen LogP contribution < -0.4 is 5.32 Å². The number of nitrogens with one attached hydrogen (secondary N) is 1. The van der Waals surface area contributed by atoms with Gasteiger partial charge in [-0.05, 0) is 12.1 Å². The van der Waals surface area contributed by atoms with E-state index in [4.69, 9.17) is 4.52 Å². The number of allylic oxidation sites excluding steroid dienone is 2. The van der Waals surface area contributed by atoms with Crippen molar-refractivity contribution in [1.29, 1.82) is 0 Å². The van der Waals surface area contributed by atoms with Crippen LogP contribution in [0.5, 0.6) is 0 Å². The quantitative estimate of drug-likeness (QED) is 0.917. The largest absolute Gasteiger partial charge is 0.351 e. The van der Waals surface area contributed by atoms with E-state index in [1.54, 1.807) is 24.3 Å². The van der Waals surface area contributed by atoms with Gasteiger partial charge in [0.1, 0.15) is 5.56 Å². The standard InChI is InChI=1S/C17H14N2O4S/c1-9(2)24-12-8-11(20)16-13(15(12)21)14(19-23-16)17(22)18-10-6-4-3-5-7-10/h3-9H,1-2H3,(H,18,22). The van der Waals surface area contributed by atoms with E-state index in [0.29, 0.717) is 10.6 Å². The second-order valence-electron chi connectivity index (χ2n) is 5.42. The number of nitrogens with zero attached hydrogens (tertiary/aromatic N) is 1. The zero-order valence-electron chi connectivity index (χ0n) is 13.0. The van der Waals surface area contributed by atoms with Gasteiger partial charge in [-0.25, -0.2) is 0 Å². The van der Waals surface area contributed by atoms with Gasteiger partial charge in [-0.15, -0.1) is 11.8 Å². The van der Waals surface area contributed by atoms with Gasteiger partial charge in [-0.3, -0.25) is 14.4 Å². The Balaban J connectivity index is 1.93. The van der Waals surface area contributed by atoms with Crippen molar-refractivity contribution in [3.63, 3.8) is 0 Å². The number of thioether (sulfide) groups is 1. The maximum Gasteiger partial charge on any atom is 0.278 e. The van der Waals surface area contributed by atoms with Gasteiger partial charge in [0.15, 0.2) is 5.69 Å². The van der Waals surface area contributed by atoms with E-state index in [2.05, 4.69) is 10.5 Å². The van der Waals surface area contributed by atoms with E-state index in [1.807, 2.05) is 19.9 Å². The number of benzene rings is 1. The molecule has 1 aromatic heterocycles. The molecular weight excluding hydrogens is 328 g/mol. The molecule has 0 spiro atoms. The molecule has 0 unspecified atom stereocenters. The molecule has 122 valence electrons. The molecule has 0 bridgehead atoms. The smallest absolute Gasteiger partial charge is 0.278 e. The van der Waals surface area contributed by atoms with Crippen molar-refractivity contribution >= 4 is 34.9 Å². The second kappa shape index (κ2) is 6.45. The number of amides is 1. The molecule has 0 saturated carbocycles. The van der Waals surface area contributed by atoms with Crippen molar-refractivity contribution in [2.24, 2.45) is 0 Å². The predicted molar refractivity (Wildman–Crippen MR) is 90.4 cm³/mol. The number of fused-ring (bicyclic) bond motifs is 1. The average molecular weight is 342 g/mol. The van der Waals surface area contributed by atoms with Gasteiger partial charge in [0.2, 0.25) is 17.3 Å². The van der Waals surface area contributed by atoms with Gasteiger partial charge in [0, 0.05) is 17.0 Å². The van der Waals surface area contributed by atoms with Crippen molar-refractivity contribution in [3.8, 4) is 0 Å². The zero-order chi connectivity index (χ0) is 17.3. The molecule has 1 heterocycles. The molecule has 7 heteroatoms. The molecule has 0 saturated heterocycles. The molecule has 2 aromatic rings. The van der Waals surface area contributed by atoms with Crippen LogP contribution in [0.2, 0.25) is 0 Å². The molecule has 1 aliphatic carbocycles. The Bertz CT molecular complexity index is 853. The number of hydrogen-bond donors (Lipinski definition) is 1. The fourth-order valence-corrected chi connectivity index (χ4v) is 3.14. The molecule has 1 aromatic carbocycles. The Morgan fingerprint density at radius 3 is 2.58 bits per heavy atom. The highest BCUT2D eigenvalue weighted by molar-refractivity contribution is 8.04. The minimum atomic E-state index is -0.594. The summed E-state index contributed by atoms with van der Waals surface area (Å²) in [6.07, 6.45) is 1.24. The highest BCUT2D eigenvalue weighted by Gasteiger charge is 2.36. The number of anilines is 1. The van der Waals surface area contributed by atoms with Crippen LogP contribution in [-0.4, -0.2) is 27.9 Å². The minimum absolute atomic E-state index is 0.0703. The van der Waals surface area contributed by atoms with Gasteiger partial charge in [-0.2, -0.15) is 0 Å². The summed E-state index contributed by atoms with van der Waals surface area (Å²) in [5, 5.41) is 6.39. The zero-order valence-corrected chi connectivity index (χ0v) is 13.8.